The summed E-state index contributed by atoms with van der Waals surface area (Å²) in [5, 5.41) is 3.46. The number of thiophene rings is 1. The van der Waals surface area contributed by atoms with Crippen LogP contribution in [-0.4, -0.2) is 18.5 Å². The van der Waals surface area contributed by atoms with E-state index in [9.17, 15) is 9.59 Å². The Balaban J connectivity index is 2.32. The summed E-state index contributed by atoms with van der Waals surface area (Å²) < 4.78 is 5.12. The maximum Gasteiger partial charge on any atom is 0.341 e. The molecule has 1 aromatic carbocycles. The fourth-order valence-electron chi connectivity index (χ4n) is 2.39. The number of esters is 1. The third-order valence-electron chi connectivity index (χ3n) is 3.69. The molecule has 1 amide bonds. The van der Waals surface area contributed by atoms with E-state index in [4.69, 9.17) is 4.74 Å². The van der Waals surface area contributed by atoms with Crippen LogP contribution in [0.3, 0.4) is 0 Å². The number of hydrogen-bond donors (Lipinski definition) is 1. The summed E-state index contributed by atoms with van der Waals surface area (Å²) in [6, 6.07) is 11.6. The Morgan fingerprint density at radius 1 is 1.21 bits per heavy atom. The van der Waals surface area contributed by atoms with Crippen molar-refractivity contribution < 1.29 is 14.3 Å². The number of hydrogen-bond acceptors (Lipinski definition) is 4. The SMILES string of the molecule is CCC[C@H](C)C(=O)Nc1sc(-c2ccccc2)cc1C(=O)OCC. The quantitative estimate of drug-likeness (QED) is 0.721. The number of ether oxygens (including phenoxy) is 1. The molecule has 0 bridgehead atoms. The molecule has 4 nitrogen and oxygen atoms in total. The largest absolute Gasteiger partial charge is 0.462 e. The van der Waals surface area contributed by atoms with E-state index >= 15 is 0 Å². The van der Waals surface area contributed by atoms with Crippen LogP contribution in [0, 0.1) is 5.92 Å². The zero-order valence-electron chi connectivity index (χ0n) is 14.3. The molecule has 128 valence electrons. The molecule has 0 radical (unpaired) electrons. The van der Waals surface area contributed by atoms with E-state index in [2.05, 4.69) is 5.32 Å². The van der Waals surface area contributed by atoms with Gasteiger partial charge in [-0.3, -0.25) is 4.79 Å². The lowest BCUT2D eigenvalue weighted by Gasteiger charge is -2.11. The van der Waals surface area contributed by atoms with E-state index in [1.54, 1.807) is 13.0 Å². The maximum atomic E-state index is 12.3. The highest BCUT2D eigenvalue weighted by molar-refractivity contribution is 7.20. The Bertz CT molecular complexity index is 694. The number of benzene rings is 1. The molecule has 0 saturated heterocycles. The average molecular weight is 345 g/mol. The highest BCUT2D eigenvalue weighted by atomic mass is 32.1. The van der Waals surface area contributed by atoms with Crippen molar-refractivity contribution in [3.63, 3.8) is 0 Å². The van der Waals surface area contributed by atoms with E-state index in [-0.39, 0.29) is 11.8 Å². The second-order valence-electron chi connectivity index (χ2n) is 5.62. The van der Waals surface area contributed by atoms with Crippen LogP contribution >= 0.6 is 11.3 Å². The molecule has 0 aliphatic rings. The first-order valence-corrected chi connectivity index (χ1v) is 9.05. The first-order chi connectivity index (χ1) is 11.6. The summed E-state index contributed by atoms with van der Waals surface area (Å²) in [6.45, 7) is 6.01. The Kier molecular flexibility index (Phi) is 6.55. The van der Waals surface area contributed by atoms with Crippen LogP contribution in [0.15, 0.2) is 36.4 Å². The summed E-state index contributed by atoms with van der Waals surface area (Å²) in [6.07, 6.45) is 1.76. The number of carbonyl (C=O) groups is 2. The van der Waals surface area contributed by atoms with Gasteiger partial charge < -0.3 is 10.1 Å². The molecule has 0 unspecified atom stereocenters. The minimum Gasteiger partial charge on any atom is -0.462 e. The van der Waals surface area contributed by atoms with E-state index < -0.39 is 5.97 Å². The van der Waals surface area contributed by atoms with Gasteiger partial charge in [-0.15, -0.1) is 11.3 Å². The Morgan fingerprint density at radius 2 is 1.92 bits per heavy atom. The second-order valence-corrected chi connectivity index (χ2v) is 6.67. The van der Waals surface area contributed by atoms with Crippen LogP contribution in [0.25, 0.3) is 10.4 Å². The third kappa shape index (κ3) is 4.45. The van der Waals surface area contributed by atoms with E-state index in [0.29, 0.717) is 17.2 Å². The first kappa shape index (κ1) is 18.2. The maximum absolute atomic E-state index is 12.3. The second kappa shape index (κ2) is 8.64. The molecular formula is C19H23NO3S. The fraction of sp³-hybridized carbons (Fsp3) is 0.368. The zero-order chi connectivity index (χ0) is 17.5. The highest BCUT2D eigenvalue weighted by Gasteiger charge is 2.21. The monoisotopic (exact) mass is 345 g/mol. The van der Waals surface area contributed by atoms with Crippen molar-refractivity contribution in [2.75, 3.05) is 11.9 Å². The number of amides is 1. The van der Waals surface area contributed by atoms with Gasteiger partial charge in [-0.1, -0.05) is 50.6 Å². The molecule has 0 fully saturated rings. The van der Waals surface area contributed by atoms with Crippen LogP contribution < -0.4 is 5.32 Å². The standard InChI is InChI=1S/C19H23NO3S/c1-4-9-13(3)17(21)20-18-15(19(22)23-5-2)12-16(24-18)14-10-7-6-8-11-14/h6-8,10-13H,4-5,9H2,1-3H3,(H,20,21)/t13-/m0/s1. The molecule has 2 aromatic rings. The van der Waals surface area contributed by atoms with Crippen LogP contribution in [0.2, 0.25) is 0 Å². The van der Waals surface area contributed by atoms with E-state index in [1.165, 1.54) is 11.3 Å². The Labute approximate surface area is 146 Å². The van der Waals surface area contributed by atoms with Crippen LogP contribution in [0.4, 0.5) is 5.00 Å². The van der Waals surface area contributed by atoms with Gasteiger partial charge in [-0.2, -0.15) is 0 Å². The number of rotatable bonds is 7. The average Bonchev–Trinajstić information content (AvgIpc) is 3.00. The van der Waals surface area contributed by atoms with Crippen molar-refractivity contribution in [3.05, 3.63) is 42.0 Å². The number of anilines is 1. The lowest BCUT2D eigenvalue weighted by atomic mass is 10.1. The lowest BCUT2D eigenvalue weighted by molar-refractivity contribution is -0.119. The van der Waals surface area contributed by atoms with Crippen molar-refractivity contribution >= 4 is 28.2 Å². The molecule has 0 aliphatic carbocycles. The molecule has 0 spiro atoms. The number of carbonyl (C=O) groups excluding carboxylic acids is 2. The van der Waals surface area contributed by atoms with Gasteiger partial charge in [0.25, 0.3) is 0 Å². The minimum atomic E-state index is -0.408. The van der Waals surface area contributed by atoms with Gasteiger partial charge in [-0.25, -0.2) is 4.79 Å². The molecule has 1 aromatic heterocycles. The van der Waals surface area contributed by atoms with Crippen molar-refractivity contribution in [3.8, 4) is 10.4 Å². The van der Waals surface area contributed by atoms with Crippen molar-refractivity contribution in [1.82, 2.24) is 0 Å². The minimum absolute atomic E-state index is 0.0659. The lowest BCUT2D eigenvalue weighted by Crippen LogP contribution is -2.21. The third-order valence-corrected chi connectivity index (χ3v) is 4.79. The first-order valence-electron chi connectivity index (χ1n) is 8.24. The number of nitrogens with one attached hydrogen (secondary N) is 1. The predicted molar refractivity (Wildman–Crippen MR) is 98.4 cm³/mol. The summed E-state index contributed by atoms with van der Waals surface area (Å²) >= 11 is 1.40. The molecule has 2 rings (SSSR count). The Morgan fingerprint density at radius 3 is 2.54 bits per heavy atom. The summed E-state index contributed by atoms with van der Waals surface area (Å²) in [7, 11) is 0. The van der Waals surface area contributed by atoms with Gasteiger partial charge in [0.05, 0.1) is 12.2 Å². The van der Waals surface area contributed by atoms with Crippen molar-refractivity contribution in [1.29, 1.82) is 0 Å². The topological polar surface area (TPSA) is 55.4 Å². The highest BCUT2D eigenvalue weighted by Crippen LogP contribution is 2.36. The summed E-state index contributed by atoms with van der Waals surface area (Å²) in [4.78, 5) is 25.5. The smallest absolute Gasteiger partial charge is 0.341 e. The van der Waals surface area contributed by atoms with Crippen molar-refractivity contribution in [2.45, 2.75) is 33.6 Å². The van der Waals surface area contributed by atoms with Gasteiger partial charge in [0.15, 0.2) is 0 Å². The summed E-state index contributed by atoms with van der Waals surface area (Å²) in [5.41, 5.74) is 1.42. The molecule has 1 heterocycles. The predicted octanol–water partition coefficient (Wildman–Crippen LogP) is 4.97. The molecule has 0 saturated carbocycles. The Hall–Kier alpha value is -2.14. The van der Waals surface area contributed by atoms with Gasteiger partial charge in [0.2, 0.25) is 5.91 Å². The van der Waals surface area contributed by atoms with Gasteiger partial charge >= 0.3 is 5.97 Å². The van der Waals surface area contributed by atoms with Crippen LogP contribution in [0.1, 0.15) is 44.0 Å². The van der Waals surface area contributed by atoms with Gasteiger partial charge in [-0.05, 0) is 25.0 Å². The van der Waals surface area contributed by atoms with E-state index in [0.717, 1.165) is 23.3 Å². The molecule has 1 atom stereocenters. The molecule has 5 heteroatoms. The molecule has 0 aliphatic heterocycles. The molecule has 1 N–H and O–H groups in total. The van der Waals surface area contributed by atoms with Crippen LogP contribution in [0.5, 0.6) is 0 Å². The zero-order valence-corrected chi connectivity index (χ0v) is 15.1. The van der Waals surface area contributed by atoms with Gasteiger partial charge in [0, 0.05) is 10.8 Å². The van der Waals surface area contributed by atoms with E-state index in [1.807, 2.05) is 44.2 Å². The fourth-order valence-corrected chi connectivity index (χ4v) is 3.44. The van der Waals surface area contributed by atoms with Gasteiger partial charge in [0.1, 0.15) is 5.00 Å². The molecular weight excluding hydrogens is 322 g/mol. The summed E-state index contributed by atoms with van der Waals surface area (Å²) in [5.74, 6) is -0.564. The van der Waals surface area contributed by atoms with Crippen molar-refractivity contribution in [2.24, 2.45) is 5.92 Å². The molecule has 24 heavy (non-hydrogen) atoms. The normalized spacial score (nSPS) is 11.8. The van der Waals surface area contributed by atoms with Crippen LogP contribution in [-0.2, 0) is 9.53 Å².